The van der Waals surface area contributed by atoms with Crippen LogP contribution in [0.3, 0.4) is 0 Å². The van der Waals surface area contributed by atoms with Crippen LogP contribution in [0.2, 0.25) is 0 Å². The van der Waals surface area contributed by atoms with Crippen molar-refractivity contribution < 1.29 is 9.84 Å². The lowest BCUT2D eigenvalue weighted by atomic mass is 10.1. The van der Waals surface area contributed by atoms with Crippen LogP contribution in [0.1, 0.15) is 24.0 Å². The molecule has 0 radical (unpaired) electrons. The maximum atomic E-state index is 9.34. The molecule has 0 aromatic heterocycles. The maximum absolute atomic E-state index is 9.34. The summed E-state index contributed by atoms with van der Waals surface area (Å²) in [4.78, 5) is 2.34. The molecule has 1 aliphatic carbocycles. The molecule has 1 aromatic carbocycles. The number of aryl methyl sites for hydroxylation is 1. The number of rotatable bonds is 7. The van der Waals surface area contributed by atoms with Crippen molar-refractivity contribution >= 4 is 0 Å². The average Bonchev–Trinajstić information content (AvgIpc) is 3.17. The molecule has 0 aliphatic heterocycles. The fourth-order valence-corrected chi connectivity index (χ4v) is 2.61. The Bertz CT molecular complexity index is 427. The first kappa shape index (κ1) is 14.4. The van der Waals surface area contributed by atoms with E-state index in [1.165, 1.54) is 24.0 Å². The first-order chi connectivity index (χ1) is 9.08. The van der Waals surface area contributed by atoms with Crippen LogP contribution in [0.5, 0.6) is 5.75 Å². The second kappa shape index (κ2) is 5.93. The quantitative estimate of drug-likeness (QED) is 0.819. The van der Waals surface area contributed by atoms with Gasteiger partial charge in [-0.1, -0.05) is 12.1 Å². The third-order valence-corrected chi connectivity index (χ3v) is 4.14. The molecule has 19 heavy (non-hydrogen) atoms. The maximum Gasteiger partial charge on any atom is 0.121 e. The minimum absolute atomic E-state index is 0.213. The Labute approximate surface area is 116 Å². The SMILES string of the molecule is COc1ccc(CCN(C)CC2(CO)CC2)cc1C. The lowest BCUT2D eigenvalue weighted by Gasteiger charge is -2.22. The number of nitrogens with zero attached hydrogens (tertiary/aromatic N) is 1. The van der Waals surface area contributed by atoms with Crippen LogP contribution in [0, 0.1) is 12.3 Å². The van der Waals surface area contributed by atoms with Gasteiger partial charge in [0.15, 0.2) is 0 Å². The van der Waals surface area contributed by atoms with Gasteiger partial charge in [-0.25, -0.2) is 0 Å². The molecule has 1 aliphatic rings. The molecule has 0 heterocycles. The summed E-state index contributed by atoms with van der Waals surface area (Å²) in [6, 6.07) is 6.38. The Morgan fingerprint density at radius 1 is 1.37 bits per heavy atom. The molecule has 106 valence electrons. The van der Waals surface area contributed by atoms with Gasteiger partial charge >= 0.3 is 0 Å². The second-order valence-electron chi connectivity index (χ2n) is 5.95. The molecule has 0 saturated heterocycles. The number of aliphatic hydroxyl groups is 1. The van der Waals surface area contributed by atoms with Crippen LogP contribution in [0.4, 0.5) is 0 Å². The molecule has 0 amide bonds. The smallest absolute Gasteiger partial charge is 0.121 e. The standard InChI is InChI=1S/C16H25NO2/c1-13-10-14(4-5-15(13)19-3)6-9-17(2)11-16(12-18)7-8-16/h4-5,10,18H,6-9,11-12H2,1-3H3. The summed E-state index contributed by atoms with van der Waals surface area (Å²) in [5.74, 6) is 0.953. The van der Waals surface area contributed by atoms with Gasteiger partial charge in [-0.15, -0.1) is 0 Å². The molecular weight excluding hydrogens is 238 g/mol. The third-order valence-electron chi connectivity index (χ3n) is 4.14. The highest BCUT2D eigenvalue weighted by Crippen LogP contribution is 2.45. The predicted octanol–water partition coefficient (Wildman–Crippen LogP) is 2.25. The van der Waals surface area contributed by atoms with Crippen molar-refractivity contribution in [1.29, 1.82) is 0 Å². The van der Waals surface area contributed by atoms with Gasteiger partial charge in [0, 0.05) is 25.1 Å². The number of hydrogen-bond acceptors (Lipinski definition) is 3. The normalized spacial score (nSPS) is 16.7. The van der Waals surface area contributed by atoms with E-state index in [1.54, 1.807) is 7.11 Å². The summed E-state index contributed by atoms with van der Waals surface area (Å²) in [6.45, 7) is 4.46. The Morgan fingerprint density at radius 3 is 2.63 bits per heavy atom. The Morgan fingerprint density at radius 2 is 2.11 bits per heavy atom. The molecule has 0 atom stereocenters. The van der Waals surface area contributed by atoms with Gasteiger partial charge in [0.05, 0.1) is 7.11 Å². The Balaban J connectivity index is 1.83. The largest absolute Gasteiger partial charge is 0.496 e. The number of likely N-dealkylation sites (N-methyl/N-ethyl adjacent to an activating group) is 1. The van der Waals surface area contributed by atoms with Crippen LogP contribution in [-0.2, 0) is 6.42 Å². The van der Waals surface area contributed by atoms with E-state index in [4.69, 9.17) is 4.74 Å². The predicted molar refractivity (Wildman–Crippen MR) is 77.7 cm³/mol. The first-order valence-electron chi connectivity index (χ1n) is 7.01. The van der Waals surface area contributed by atoms with E-state index in [9.17, 15) is 5.11 Å². The van der Waals surface area contributed by atoms with Crippen LogP contribution >= 0.6 is 0 Å². The van der Waals surface area contributed by atoms with Gasteiger partial charge in [-0.3, -0.25) is 0 Å². The minimum atomic E-state index is 0.213. The molecule has 3 nitrogen and oxygen atoms in total. The summed E-state index contributed by atoms with van der Waals surface area (Å²) < 4.78 is 5.28. The van der Waals surface area contributed by atoms with Crippen molar-refractivity contribution in [3.8, 4) is 5.75 Å². The number of benzene rings is 1. The minimum Gasteiger partial charge on any atom is -0.496 e. The zero-order valence-electron chi connectivity index (χ0n) is 12.3. The molecule has 3 heteroatoms. The van der Waals surface area contributed by atoms with Crippen molar-refractivity contribution in [2.45, 2.75) is 26.2 Å². The summed E-state index contributed by atoms with van der Waals surface area (Å²) in [6.07, 6.45) is 3.40. The summed E-state index contributed by atoms with van der Waals surface area (Å²) in [7, 11) is 3.85. The van der Waals surface area contributed by atoms with Crippen molar-refractivity contribution in [3.63, 3.8) is 0 Å². The lowest BCUT2D eigenvalue weighted by Crippen LogP contribution is -2.30. The third kappa shape index (κ3) is 3.71. The van der Waals surface area contributed by atoms with E-state index < -0.39 is 0 Å². The van der Waals surface area contributed by atoms with E-state index in [0.717, 1.165) is 25.3 Å². The Hall–Kier alpha value is -1.06. The van der Waals surface area contributed by atoms with E-state index in [-0.39, 0.29) is 5.41 Å². The highest BCUT2D eigenvalue weighted by molar-refractivity contribution is 5.36. The lowest BCUT2D eigenvalue weighted by molar-refractivity contribution is 0.165. The highest BCUT2D eigenvalue weighted by Gasteiger charge is 2.42. The van der Waals surface area contributed by atoms with Gasteiger partial charge in [0.2, 0.25) is 0 Å². The van der Waals surface area contributed by atoms with Gasteiger partial charge in [-0.2, -0.15) is 0 Å². The fraction of sp³-hybridized carbons (Fsp3) is 0.625. The fourth-order valence-electron chi connectivity index (χ4n) is 2.61. The molecule has 1 fully saturated rings. The number of hydrogen-bond donors (Lipinski definition) is 1. The monoisotopic (exact) mass is 263 g/mol. The van der Waals surface area contributed by atoms with E-state index >= 15 is 0 Å². The van der Waals surface area contributed by atoms with Crippen molar-refractivity contribution in [2.24, 2.45) is 5.41 Å². The van der Waals surface area contributed by atoms with Crippen molar-refractivity contribution in [1.82, 2.24) is 4.90 Å². The summed E-state index contributed by atoms with van der Waals surface area (Å²) in [5, 5.41) is 9.34. The molecule has 1 aromatic rings. The molecule has 2 rings (SSSR count). The number of ether oxygens (including phenoxy) is 1. The first-order valence-corrected chi connectivity index (χ1v) is 7.01. The number of aliphatic hydroxyl groups excluding tert-OH is 1. The molecule has 1 saturated carbocycles. The molecule has 0 unspecified atom stereocenters. The zero-order chi connectivity index (χ0) is 13.9. The number of methoxy groups -OCH3 is 1. The van der Waals surface area contributed by atoms with Crippen LogP contribution in [0.15, 0.2) is 18.2 Å². The topological polar surface area (TPSA) is 32.7 Å². The van der Waals surface area contributed by atoms with Crippen molar-refractivity contribution in [3.05, 3.63) is 29.3 Å². The van der Waals surface area contributed by atoms with Gasteiger partial charge < -0.3 is 14.7 Å². The second-order valence-corrected chi connectivity index (χ2v) is 5.95. The van der Waals surface area contributed by atoms with Gasteiger partial charge in [-0.05, 0) is 50.4 Å². The molecule has 0 bridgehead atoms. The average molecular weight is 263 g/mol. The summed E-state index contributed by atoms with van der Waals surface area (Å²) in [5.41, 5.74) is 2.75. The van der Waals surface area contributed by atoms with E-state index in [0.29, 0.717) is 6.61 Å². The zero-order valence-corrected chi connectivity index (χ0v) is 12.3. The Kier molecular flexibility index (Phi) is 4.48. The van der Waals surface area contributed by atoms with Crippen LogP contribution in [0.25, 0.3) is 0 Å². The van der Waals surface area contributed by atoms with Gasteiger partial charge in [0.1, 0.15) is 5.75 Å². The highest BCUT2D eigenvalue weighted by atomic mass is 16.5. The van der Waals surface area contributed by atoms with Crippen LogP contribution in [-0.4, -0.2) is 43.9 Å². The molecule has 0 spiro atoms. The van der Waals surface area contributed by atoms with E-state index in [1.807, 2.05) is 6.07 Å². The van der Waals surface area contributed by atoms with E-state index in [2.05, 4.69) is 31.0 Å². The molecular formula is C16H25NO2. The van der Waals surface area contributed by atoms with Gasteiger partial charge in [0.25, 0.3) is 0 Å². The van der Waals surface area contributed by atoms with Crippen LogP contribution < -0.4 is 4.74 Å². The summed E-state index contributed by atoms with van der Waals surface area (Å²) >= 11 is 0. The molecule has 1 N–H and O–H groups in total. The van der Waals surface area contributed by atoms with Crippen molar-refractivity contribution in [2.75, 3.05) is 33.9 Å².